The summed E-state index contributed by atoms with van der Waals surface area (Å²) in [6.07, 6.45) is 1.90. The Hall–Kier alpha value is -2.41. The van der Waals surface area contributed by atoms with E-state index in [1.807, 2.05) is 11.6 Å². The zero-order valence-corrected chi connectivity index (χ0v) is 13.0. The number of carbonyl (C=O) groups is 2. The quantitative estimate of drug-likeness (QED) is 0.670. The average molecular weight is 337 g/mol. The maximum atomic E-state index is 13.4. The van der Waals surface area contributed by atoms with Crippen LogP contribution in [0.4, 0.5) is 14.5 Å². The minimum atomic E-state index is -0.905. The first kappa shape index (κ1) is 17.0. The lowest BCUT2D eigenvalue weighted by Crippen LogP contribution is -2.22. The predicted octanol–water partition coefficient (Wildman–Crippen LogP) is 3.48. The molecule has 0 bridgehead atoms. The average Bonchev–Trinajstić information content (AvgIpc) is 2.56. The first-order valence-corrected chi connectivity index (χ1v) is 7.79. The number of rotatable bonds is 5. The zero-order chi connectivity index (χ0) is 16.8. The molecule has 0 atom stereocenters. The monoisotopic (exact) mass is 337 g/mol. The maximum Gasteiger partial charge on any atom is 0.338 e. The third-order valence-electron chi connectivity index (χ3n) is 2.89. The molecule has 0 fully saturated rings. The van der Waals surface area contributed by atoms with Gasteiger partial charge in [-0.05, 0) is 42.7 Å². The van der Waals surface area contributed by atoms with Crippen molar-refractivity contribution in [1.82, 2.24) is 0 Å². The number of ether oxygens (including phenoxy) is 1. The summed E-state index contributed by atoms with van der Waals surface area (Å²) in [5, 5.41) is 2.03. The Balaban J connectivity index is 1.92. The Bertz CT molecular complexity index is 700. The largest absolute Gasteiger partial charge is 0.452 e. The Labute approximate surface area is 135 Å². The van der Waals surface area contributed by atoms with Gasteiger partial charge in [0.25, 0.3) is 5.91 Å². The number of nitrogens with one attached hydrogen (secondary N) is 1. The van der Waals surface area contributed by atoms with E-state index in [1.54, 1.807) is 24.3 Å². The summed E-state index contributed by atoms with van der Waals surface area (Å²) in [5.41, 5.74) is -0.287. The fourth-order valence-electron chi connectivity index (χ4n) is 1.73. The summed E-state index contributed by atoms with van der Waals surface area (Å²) in [7, 11) is 0. The van der Waals surface area contributed by atoms with Gasteiger partial charge in [-0.2, -0.15) is 0 Å². The molecule has 23 heavy (non-hydrogen) atoms. The van der Waals surface area contributed by atoms with Crippen molar-refractivity contribution in [2.24, 2.45) is 0 Å². The Morgan fingerprint density at radius 2 is 1.70 bits per heavy atom. The van der Waals surface area contributed by atoms with Crippen LogP contribution < -0.4 is 5.32 Å². The van der Waals surface area contributed by atoms with Crippen LogP contribution >= 0.6 is 11.8 Å². The van der Waals surface area contributed by atoms with Crippen molar-refractivity contribution in [3.05, 3.63) is 59.7 Å². The molecule has 1 N–H and O–H groups in total. The Morgan fingerprint density at radius 1 is 1.09 bits per heavy atom. The van der Waals surface area contributed by atoms with Crippen molar-refractivity contribution in [3.8, 4) is 0 Å². The second-order valence-electron chi connectivity index (χ2n) is 4.45. The predicted molar refractivity (Wildman–Crippen MR) is 83.5 cm³/mol. The lowest BCUT2D eigenvalue weighted by atomic mass is 10.2. The van der Waals surface area contributed by atoms with Crippen LogP contribution in [0, 0.1) is 11.6 Å². The van der Waals surface area contributed by atoms with Crippen molar-refractivity contribution in [2.75, 3.05) is 18.2 Å². The highest BCUT2D eigenvalue weighted by molar-refractivity contribution is 7.98. The van der Waals surface area contributed by atoms with E-state index in [2.05, 4.69) is 0 Å². The number of thioether (sulfide) groups is 1. The van der Waals surface area contributed by atoms with Crippen molar-refractivity contribution in [3.63, 3.8) is 0 Å². The molecule has 120 valence electrons. The summed E-state index contributed by atoms with van der Waals surface area (Å²) in [6.45, 7) is -0.642. The van der Waals surface area contributed by atoms with Gasteiger partial charge in [0, 0.05) is 4.90 Å². The molecule has 0 aliphatic carbocycles. The van der Waals surface area contributed by atoms with Gasteiger partial charge < -0.3 is 10.1 Å². The number of esters is 1. The number of hydrogen-bond donors (Lipinski definition) is 1. The summed E-state index contributed by atoms with van der Waals surface area (Å²) in [4.78, 5) is 24.4. The van der Waals surface area contributed by atoms with Crippen LogP contribution in [0.2, 0.25) is 0 Å². The maximum absolute atomic E-state index is 13.4. The van der Waals surface area contributed by atoms with Crippen LogP contribution in [0.5, 0.6) is 0 Å². The van der Waals surface area contributed by atoms with E-state index >= 15 is 0 Å². The number of para-hydroxylation sites is 1. The van der Waals surface area contributed by atoms with Gasteiger partial charge in [-0.15, -0.1) is 11.8 Å². The highest BCUT2D eigenvalue weighted by Crippen LogP contribution is 2.18. The van der Waals surface area contributed by atoms with Crippen molar-refractivity contribution in [1.29, 1.82) is 0 Å². The summed E-state index contributed by atoms with van der Waals surface area (Å²) in [5.74, 6) is -3.33. The van der Waals surface area contributed by atoms with Gasteiger partial charge in [-0.3, -0.25) is 4.79 Å². The molecule has 0 saturated heterocycles. The molecular formula is C16H13F2NO3S. The standard InChI is InChI=1S/C16H13F2NO3S/c1-23-11-7-5-10(6-8-11)16(21)22-9-14(20)19-15-12(17)3-2-4-13(15)18/h2-8H,9H2,1H3,(H,19,20). The SMILES string of the molecule is CSc1ccc(C(=O)OCC(=O)Nc2c(F)cccc2F)cc1. The van der Waals surface area contributed by atoms with Gasteiger partial charge in [-0.25, -0.2) is 13.6 Å². The molecule has 2 rings (SSSR count). The number of anilines is 1. The highest BCUT2D eigenvalue weighted by Gasteiger charge is 2.14. The summed E-state index contributed by atoms with van der Waals surface area (Å²) in [6, 6.07) is 9.84. The molecule has 2 aromatic carbocycles. The van der Waals surface area contributed by atoms with Crippen molar-refractivity contribution >= 4 is 29.3 Å². The van der Waals surface area contributed by atoms with Gasteiger partial charge in [-0.1, -0.05) is 6.07 Å². The van der Waals surface area contributed by atoms with E-state index in [9.17, 15) is 18.4 Å². The minimum Gasteiger partial charge on any atom is -0.452 e. The van der Waals surface area contributed by atoms with Crippen LogP contribution in [-0.4, -0.2) is 24.7 Å². The summed E-state index contributed by atoms with van der Waals surface area (Å²) < 4.78 is 31.6. The molecule has 0 saturated carbocycles. The van der Waals surface area contributed by atoms with Gasteiger partial charge in [0.05, 0.1) is 5.56 Å². The Morgan fingerprint density at radius 3 is 2.26 bits per heavy atom. The first-order chi connectivity index (χ1) is 11.0. The van der Waals surface area contributed by atoms with E-state index in [0.717, 1.165) is 17.0 Å². The third kappa shape index (κ3) is 4.53. The fraction of sp³-hybridized carbons (Fsp3) is 0.125. The number of hydrogen-bond acceptors (Lipinski definition) is 4. The molecule has 2 aromatic rings. The highest BCUT2D eigenvalue weighted by atomic mass is 32.2. The van der Waals surface area contributed by atoms with E-state index in [4.69, 9.17) is 4.74 Å². The Kier molecular flexibility index (Phi) is 5.70. The van der Waals surface area contributed by atoms with Crippen LogP contribution in [-0.2, 0) is 9.53 Å². The van der Waals surface area contributed by atoms with Crippen LogP contribution in [0.25, 0.3) is 0 Å². The van der Waals surface area contributed by atoms with E-state index < -0.39 is 35.8 Å². The van der Waals surface area contributed by atoms with Gasteiger partial charge in [0.2, 0.25) is 0 Å². The van der Waals surface area contributed by atoms with Crippen molar-refractivity contribution in [2.45, 2.75) is 4.90 Å². The van der Waals surface area contributed by atoms with Crippen LogP contribution in [0.15, 0.2) is 47.4 Å². The van der Waals surface area contributed by atoms with E-state index in [1.165, 1.54) is 17.8 Å². The molecule has 0 unspecified atom stereocenters. The van der Waals surface area contributed by atoms with E-state index in [0.29, 0.717) is 0 Å². The van der Waals surface area contributed by atoms with Crippen LogP contribution in [0.1, 0.15) is 10.4 Å². The summed E-state index contributed by atoms with van der Waals surface area (Å²) >= 11 is 1.52. The van der Waals surface area contributed by atoms with Crippen molar-refractivity contribution < 1.29 is 23.1 Å². The second kappa shape index (κ2) is 7.73. The molecule has 0 radical (unpaired) electrons. The minimum absolute atomic E-state index is 0.285. The van der Waals surface area contributed by atoms with E-state index in [-0.39, 0.29) is 5.56 Å². The lowest BCUT2D eigenvalue weighted by Gasteiger charge is -2.08. The first-order valence-electron chi connectivity index (χ1n) is 6.56. The number of carbonyl (C=O) groups excluding carboxylic acids is 2. The normalized spacial score (nSPS) is 10.2. The molecule has 0 aliphatic heterocycles. The second-order valence-corrected chi connectivity index (χ2v) is 5.33. The molecule has 0 spiro atoms. The smallest absolute Gasteiger partial charge is 0.338 e. The topological polar surface area (TPSA) is 55.4 Å². The molecular weight excluding hydrogens is 324 g/mol. The lowest BCUT2D eigenvalue weighted by molar-refractivity contribution is -0.119. The molecule has 0 aromatic heterocycles. The number of benzene rings is 2. The molecule has 7 heteroatoms. The van der Waals surface area contributed by atoms with Crippen LogP contribution in [0.3, 0.4) is 0 Å². The molecule has 0 aliphatic rings. The molecule has 0 heterocycles. The third-order valence-corrected chi connectivity index (χ3v) is 3.63. The number of halogens is 2. The number of amides is 1. The fourth-order valence-corrected chi connectivity index (χ4v) is 2.14. The molecule has 4 nitrogen and oxygen atoms in total. The van der Waals surface area contributed by atoms with Gasteiger partial charge >= 0.3 is 5.97 Å². The van der Waals surface area contributed by atoms with Gasteiger partial charge in [0.1, 0.15) is 17.3 Å². The zero-order valence-electron chi connectivity index (χ0n) is 12.1. The van der Waals surface area contributed by atoms with Gasteiger partial charge in [0.15, 0.2) is 6.61 Å². The molecule has 1 amide bonds.